The van der Waals surface area contributed by atoms with Crippen LogP contribution in [0.5, 0.6) is 0 Å². The molecule has 3 rings (SSSR count). The quantitative estimate of drug-likeness (QED) is 0.0716. The molecule has 2 amide bonds. The van der Waals surface area contributed by atoms with E-state index in [4.69, 9.17) is 5.73 Å². The molecule has 0 aliphatic rings. The smallest absolute Gasteiger partial charge is 0.468 e. The van der Waals surface area contributed by atoms with Gasteiger partial charge >= 0.3 is 249 Å². The maximum atomic E-state index is 12.9. The van der Waals surface area contributed by atoms with Crippen LogP contribution in [0.25, 0.3) is 0 Å². The molecule has 3 aromatic rings. The van der Waals surface area contributed by atoms with E-state index in [1.54, 1.807) is 10.8 Å². The van der Waals surface area contributed by atoms with Crippen molar-refractivity contribution in [1.82, 2.24) is 10.6 Å². The Morgan fingerprint density at radius 2 is 1.34 bits per heavy atom. The van der Waals surface area contributed by atoms with Crippen LogP contribution in [0.4, 0.5) is 0 Å². The van der Waals surface area contributed by atoms with Crippen LogP contribution in [0, 0.1) is 0 Å². The third-order valence-corrected chi connectivity index (χ3v) is 20.3. The van der Waals surface area contributed by atoms with Crippen LogP contribution in [0.1, 0.15) is 25.7 Å². The van der Waals surface area contributed by atoms with Gasteiger partial charge in [0.1, 0.15) is 6.04 Å². The SMILES string of the molecule is COC(=O)CNC(=O)C(CSSCCCCP(Br)(c1ccccc1)(c1ccccc1)c1ccccc1)NC(=O)CCC(N)C(=O)OC. The number of carbonyl (C=O) groups excluding carboxylic acids is 4. The van der Waals surface area contributed by atoms with Gasteiger partial charge in [-0.25, -0.2) is 0 Å². The molecule has 0 aromatic heterocycles. The van der Waals surface area contributed by atoms with E-state index in [9.17, 15) is 19.2 Å². The second-order valence-electron chi connectivity index (χ2n) is 10.8. The zero-order chi connectivity index (χ0) is 34.1. The van der Waals surface area contributed by atoms with Crippen molar-refractivity contribution >= 4 is 82.0 Å². The van der Waals surface area contributed by atoms with Crippen molar-refractivity contribution in [1.29, 1.82) is 0 Å². The molecule has 0 fully saturated rings. The first-order chi connectivity index (χ1) is 22.6. The molecule has 0 spiro atoms. The predicted octanol–water partition coefficient (Wildman–Crippen LogP) is 4.04. The van der Waals surface area contributed by atoms with E-state index in [2.05, 4.69) is 108 Å². The zero-order valence-corrected chi connectivity index (χ0v) is 30.8. The number of carbonyl (C=O) groups is 4. The Bertz CT molecular complexity index is 1360. The number of esters is 2. The summed E-state index contributed by atoms with van der Waals surface area (Å²) in [7, 11) is 5.56. The zero-order valence-electron chi connectivity index (χ0n) is 26.6. The number of methoxy groups -OCH3 is 2. The second-order valence-corrected chi connectivity index (χ2v) is 22.5. The van der Waals surface area contributed by atoms with Crippen molar-refractivity contribution in [3.8, 4) is 0 Å². The van der Waals surface area contributed by atoms with Crippen molar-refractivity contribution in [3.63, 3.8) is 0 Å². The van der Waals surface area contributed by atoms with Gasteiger partial charge in [-0.3, -0.25) is 9.59 Å². The van der Waals surface area contributed by atoms with E-state index in [-0.39, 0.29) is 25.1 Å². The number of hydrogen-bond donors (Lipinski definition) is 3. The number of nitrogens with one attached hydrogen (secondary N) is 2. The first kappa shape index (κ1) is 38.6. The topological polar surface area (TPSA) is 137 Å². The van der Waals surface area contributed by atoms with Gasteiger partial charge in [-0.05, 0) is 0 Å². The van der Waals surface area contributed by atoms with Crippen LogP contribution >= 0.6 is 42.4 Å². The predicted molar refractivity (Wildman–Crippen MR) is 199 cm³/mol. The first-order valence-corrected chi connectivity index (χ1v) is 22.2. The number of unbranched alkanes of at least 4 members (excludes halogenated alkanes) is 1. The van der Waals surface area contributed by atoms with E-state index < -0.39 is 41.1 Å². The molecule has 2 unspecified atom stereocenters. The molecule has 3 aromatic carbocycles. The average molecular weight is 765 g/mol. The summed E-state index contributed by atoms with van der Waals surface area (Å²) >= 11 is 4.49. The van der Waals surface area contributed by atoms with E-state index in [0.717, 1.165) is 24.8 Å². The van der Waals surface area contributed by atoms with Gasteiger partial charge in [0.05, 0.1) is 14.2 Å². The van der Waals surface area contributed by atoms with Crippen molar-refractivity contribution in [2.45, 2.75) is 37.8 Å². The molecule has 0 bridgehead atoms. The third kappa shape index (κ3) is 10.5. The number of halogens is 1. The standard InChI is InChI=1S/C34H43BrN3O6PS2/c1-43-32(40)24-37-33(41)30(38-31(39)21-20-29(36)34(42)44-2)25-47-46-23-13-12-22-45(35,26-14-6-3-7-15-26,27-16-8-4-9-17-27)28-18-10-5-11-19-28/h3-11,14-19,29-30H,12-13,20-25,36H2,1-2H3,(H,37,41)(H,38,39). The summed E-state index contributed by atoms with van der Waals surface area (Å²) < 4.78 is 9.21. The van der Waals surface area contributed by atoms with Gasteiger partial charge in [-0.1, -0.05) is 0 Å². The van der Waals surface area contributed by atoms with Crippen LogP contribution < -0.4 is 32.3 Å². The molecule has 0 aliphatic heterocycles. The average Bonchev–Trinajstić information content (AvgIpc) is 3.12. The van der Waals surface area contributed by atoms with Gasteiger partial charge in [-0.15, -0.1) is 0 Å². The summed E-state index contributed by atoms with van der Waals surface area (Å²) in [6.07, 6.45) is 2.83. The maximum absolute atomic E-state index is 12.9. The molecular weight excluding hydrogens is 721 g/mol. The summed E-state index contributed by atoms with van der Waals surface area (Å²) in [4.78, 5) is 48.6. The Balaban J connectivity index is 1.64. The molecule has 254 valence electrons. The molecule has 0 saturated carbocycles. The van der Waals surface area contributed by atoms with Gasteiger partial charge in [0.15, 0.2) is 0 Å². The number of nitrogens with two attached hydrogens (primary N) is 1. The van der Waals surface area contributed by atoms with Crippen LogP contribution in [0.2, 0.25) is 0 Å². The molecule has 2 atom stereocenters. The van der Waals surface area contributed by atoms with Crippen molar-refractivity contribution in [3.05, 3.63) is 91.0 Å². The van der Waals surface area contributed by atoms with Crippen molar-refractivity contribution in [2.24, 2.45) is 5.73 Å². The molecule has 0 aliphatic carbocycles. The fourth-order valence-corrected chi connectivity index (χ4v) is 15.2. The number of amides is 2. The molecule has 0 radical (unpaired) electrons. The number of hydrogen-bond acceptors (Lipinski definition) is 9. The first-order valence-electron chi connectivity index (χ1n) is 15.2. The van der Waals surface area contributed by atoms with E-state index >= 15 is 0 Å². The van der Waals surface area contributed by atoms with Crippen LogP contribution in [0.3, 0.4) is 0 Å². The Hall–Kier alpha value is -2.89. The number of ether oxygens (including phenoxy) is 2. The third-order valence-electron chi connectivity index (χ3n) is 7.73. The van der Waals surface area contributed by atoms with Crippen LogP contribution in [-0.2, 0) is 28.7 Å². The minimum Gasteiger partial charge on any atom is -0.468 e. The number of benzene rings is 3. The van der Waals surface area contributed by atoms with Gasteiger partial charge < -0.3 is 15.2 Å². The monoisotopic (exact) mass is 763 g/mol. The normalized spacial score (nSPS) is 13.3. The molecular formula is C34H43BrN3O6PS2. The molecule has 0 saturated heterocycles. The molecule has 47 heavy (non-hydrogen) atoms. The minimum absolute atomic E-state index is 0.0579. The van der Waals surface area contributed by atoms with E-state index in [1.165, 1.54) is 40.9 Å². The summed E-state index contributed by atoms with van der Waals surface area (Å²) in [5.74, 6) is -1.03. The van der Waals surface area contributed by atoms with Crippen LogP contribution in [0.15, 0.2) is 91.0 Å². The van der Waals surface area contributed by atoms with Gasteiger partial charge in [0.25, 0.3) is 0 Å². The summed E-state index contributed by atoms with van der Waals surface area (Å²) in [5, 5.41) is 6.07. The van der Waals surface area contributed by atoms with Crippen molar-refractivity contribution < 1.29 is 28.7 Å². The summed E-state index contributed by atoms with van der Waals surface area (Å²) in [6, 6.07) is 30.2. The Labute approximate surface area is 292 Å². The summed E-state index contributed by atoms with van der Waals surface area (Å²) in [6.45, 7) is -0.310. The Morgan fingerprint density at radius 3 is 1.83 bits per heavy atom. The molecule has 4 N–H and O–H groups in total. The second kappa shape index (κ2) is 19.2. The van der Waals surface area contributed by atoms with Gasteiger partial charge in [-0.2, -0.15) is 0 Å². The van der Waals surface area contributed by atoms with E-state index in [1.807, 2.05) is 18.2 Å². The number of rotatable bonds is 19. The van der Waals surface area contributed by atoms with Crippen molar-refractivity contribution in [2.75, 3.05) is 38.4 Å². The van der Waals surface area contributed by atoms with Gasteiger partial charge in [0, 0.05) is 0 Å². The fraction of sp³-hybridized carbons (Fsp3) is 0.353. The molecule has 9 nitrogen and oxygen atoms in total. The minimum atomic E-state index is -2.99. The van der Waals surface area contributed by atoms with Crippen LogP contribution in [-0.4, -0.2) is 74.3 Å². The summed E-state index contributed by atoms with van der Waals surface area (Å²) in [5.41, 5.74) is 5.74. The molecule has 13 heteroatoms. The fourth-order valence-electron chi connectivity index (χ4n) is 5.16. The Morgan fingerprint density at radius 1 is 0.809 bits per heavy atom. The molecule has 0 heterocycles. The van der Waals surface area contributed by atoms with E-state index in [0.29, 0.717) is 0 Å². The Kier molecular flexibility index (Phi) is 15.7. The van der Waals surface area contributed by atoms with Gasteiger partial charge in [0.2, 0.25) is 0 Å².